The van der Waals surface area contributed by atoms with Crippen LogP contribution in [0.3, 0.4) is 0 Å². The molecule has 130 valence electrons. The molecule has 0 unspecified atom stereocenters. The van der Waals surface area contributed by atoms with Gasteiger partial charge in [0.2, 0.25) is 0 Å². The molecule has 0 fully saturated rings. The number of hydrogen-bond acceptors (Lipinski definition) is 4. The summed E-state index contributed by atoms with van der Waals surface area (Å²) in [6.07, 6.45) is 7.23. The van der Waals surface area contributed by atoms with Crippen LogP contribution in [0.25, 0.3) is 0 Å². The molecule has 0 saturated heterocycles. The number of ether oxygens (including phenoxy) is 1. The van der Waals surface area contributed by atoms with E-state index in [0.29, 0.717) is 5.75 Å². The standard InChI is InChI=1S/C19H24O4S.Na/c1-2-3-4-5-6-9-16-12-14-17(15-13-16)23-18-10-7-8-11-19(18)24(20,21)22;/h7-8,10-15H,2-6,9H2,1H3,(H,20,21,22);/q;+1/p-1. The molecule has 6 heteroatoms. The summed E-state index contributed by atoms with van der Waals surface area (Å²) >= 11 is 0. The molecule has 0 aliphatic rings. The van der Waals surface area contributed by atoms with Crippen LogP contribution in [0.2, 0.25) is 0 Å². The van der Waals surface area contributed by atoms with Crippen LogP contribution >= 0.6 is 0 Å². The van der Waals surface area contributed by atoms with Gasteiger partial charge in [-0.2, -0.15) is 0 Å². The monoisotopic (exact) mass is 370 g/mol. The smallest absolute Gasteiger partial charge is 0.744 e. The second kappa shape index (κ2) is 11.0. The van der Waals surface area contributed by atoms with E-state index in [1.54, 1.807) is 18.2 Å². The molecule has 2 aromatic rings. The van der Waals surface area contributed by atoms with Crippen molar-refractivity contribution in [2.75, 3.05) is 0 Å². The first kappa shape index (κ1) is 22.2. The summed E-state index contributed by atoms with van der Waals surface area (Å²) in [4.78, 5) is -0.343. The van der Waals surface area contributed by atoms with Crippen molar-refractivity contribution < 1.29 is 47.3 Å². The van der Waals surface area contributed by atoms with Crippen molar-refractivity contribution in [1.82, 2.24) is 0 Å². The summed E-state index contributed by atoms with van der Waals surface area (Å²) in [7, 11) is -4.56. The molecule has 0 heterocycles. The molecule has 0 aromatic heterocycles. The fourth-order valence-corrected chi connectivity index (χ4v) is 3.13. The third kappa shape index (κ3) is 7.50. The average Bonchev–Trinajstić information content (AvgIpc) is 2.56. The largest absolute Gasteiger partial charge is 1.00 e. The summed E-state index contributed by atoms with van der Waals surface area (Å²) in [5, 5.41) is 0. The predicted molar refractivity (Wildman–Crippen MR) is 93.4 cm³/mol. The molecule has 0 bridgehead atoms. The van der Waals surface area contributed by atoms with Crippen molar-refractivity contribution in [2.45, 2.75) is 50.3 Å². The number of aryl methyl sites for hydroxylation is 1. The summed E-state index contributed by atoms with van der Waals surface area (Å²) in [6, 6.07) is 13.4. The molecule has 0 aliphatic heterocycles. The second-order valence-electron chi connectivity index (χ2n) is 5.81. The molecular formula is C19H23NaO4S. The maximum absolute atomic E-state index is 11.3. The van der Waals surface area contributed by atoms with Gasteiger partial charge in [-0.3, -0.25) is 0 Å². The zero-order chi connectivity index (χ0) is 17.4. The summed E-state index contributed by atoms with van der Waals surface area (Å²) in [5.41, 5.74) is 1.23. The minimum absolute atomic E-state index is 0. The molecule has 0 N–H and O–H groups in total. The fraction of sp³-hybridized carbons (Fsp3) is 0.368. The number of para-hydroxylation sites is 1. The Morgan fingerprint density at radius 2 is 1.56 bits per heavy atom. The molecule has 2 aromatic carbocycles. The van der Waals surface area contributed by atoms with E-state index in [1.165, 1.54) is 49.4 Å². The third-order valence-electron chi connectivity index (χ3n) is 3.84. The Morgan fingerprint density at radius 1 is 0.920 bits per heavy atom. The van der Waals surface area contributed by atoms with Crippen molar-refractivity contribution in [3.05, 3.63) is 54.1 Å². The molecule has 0 radical (unpaired) electrons. The second-order valence-corrected chi connectivity index (χ2v) is 7.16. The summed E-state index contributed by atoms with van der Waals surface area (Å²) in [5.74, 6) is 0.570. The minimum atomic E-state index is -4.56. The van der Waals surface area contributed by atoms with Gasteiger partial charge in [-0.1, -0.05) is 56.9 Å². The number of unbranched alkanes of at least 4 members (excludes halogenated alkanes) is 4. The van der Waals surface area contributed by atoms with Gasteiger partial charge in [-0.15, -0.1) is 0 Å². The molecule has 0 aliphatic carbocycles. The van der Waals surface area contributed by atoms with Gasteiger partial charge >= 0.3 is 29.6 Å². The molecule has 4 nitrogen and oxygen atoms in total. The van der Waals surface area contributed by atoms with Crippen LogP contribution in [0.4, 0.5) is 0 Å². The first-order valence-electron chi connectivity index (χ1n) is 8.32. The first-order valence-corrected chi connectivity index (χ1v) is 9.73. The van der Waals surface area contributed by atoms with Gasteiger partial charge in [0, 0.05) is 0 Å². The molecule has 2 rings (SSSR count). The third-order valence-corrected chi connectivity index (χ3v) is 4.71. The van der Waals surface area contributed by atoms with Crippen molar-refractivity contribution in [3.63, 3.8) is 0 Å². The van der Waals surface area contributed by atoms with E-state index in [-0.39, 0.29) is 40.2 Å². The van der Waals surface area contributed by atoms with Gasteiger partial charge in [0.1, 0.15) is 21.6 Å². The summed E-state index contributed by atoms with van der Waals surface area (Å²) < 4.78 is 39.3. The van der Waals surface area contributed by atoms with Crippen molar-refractivity contribution >= 4 is 10.1 Å². The zero-order valence-electron chi connectivity index (χ0n) is 14.9. The first-order chi connectivity index (χ1) is 11.5. The van der Waals surface area contributed by atoms with Crippen LogP contribution in [0.1, 0.15) is 44.6 Å². The number of hydrogen-bond donors (Lipinski definition) is 0. The Morgan fingerprint density at radius 3 is 2.20 bits per heavy atom. The van der Waals surface area contributed by atoms with Gasteiger partial charge in [-0.25, -0.2) is 8.42 Å². The SMILES string of the molecule is CCCCCCCc1ccc(Oc2ccccc2S(=O)(=O)[O-])cc1.[Na+]. The Hall–Kier alpha value is -0.850. The van der Waals surface area contributed by atoms with E-state index in [4.69, 9.17) is 4.74 Å². The Labute approximate surface area is 172 Å². The fourth-order valence-electron chi connectivity index (χ4n) is 2.52. The molecule has 25 heavy (non-hydrogen) atoms. The van der Waals surface area contributed by atoms with Crippen molar-refractivity contribution in [3.8, 4) is 11.5 Å². The molecule has 0 saturated carbocycles. The van der Waals surface area contributed by atoms with Crippen molar-refractivity contribution in [2.24, 2.45) is 0 Å². The Bertz CT molecular complexity index is 742. The average molecular weight is 370 g/mol. The molecule has 0 atom stereocenters. The van der Waals surface area contributed by atoms with E-state index in [9.17, 15) is 13.0 Å². The number of rotatable bonds is 9. The maximum atomic E-state index is 11.3. The van der Waals surface area contributed by atoms with E-state index >= 15 is 0 Å². The van der Waals surface area contributed by atoms with Gasteiger partial charge in [0.25, 0.3) is 0 Å². The Balaban J connectivity index is 0.00000312. The summed E-state index contributed by atoms with van der Waals surface area (Å²) in [6.45, 7) is 2.20. The van der Waals surface area contributed by atoms with Crippen LogP contribution in [-0.2, 0) is 16.5 Å². The van der Waals surface area contributed by atoms with E-state index in [0.717, 1.165) is 12.8 Å². The van der Waals surface area contributed by atoms with E-state index in [1.807, 2.05) is 12.1 Å². The van der Waals surface area contributed by atoms with Crippen LogP contribution in [0.15, 0.2) is 53.4 Å². The minimum Gasteiger partial charge on any atom is -0.744 e. The Kier molecular flexibility index (Phi) is 9.75. The quantitative estimate of drug-likeness (QED) is 0.384. The van der Waals surface area contributed by atoms with Gasteiger partial charge in [0.15, 0.2) is 0 Å². The predicted octanol–water partition coefficient (Wildman–Crippen LogP) is 1.90. The van der Waals surface area contributed by atoms with Crippen molar-refractivity contribution in [1.29, 1.82) is 0 Å². The van der Waals surface area contributed by atoms with E-state index < -0.39 is 10.1 Å². The zero-order valence-corrected chi connectivity index (χ0v) is 17.7. The topological polar surface area (TPSA) is 66.4 Å². The van der Waals surface area contributed by atoms with Crippen LogP contribution in [0, 0.1) is 0 Å². The van der Waals surface area contributed by atoms with Gasteiger partial charge in [0.05, 0.1) is 4.90 Å². The van der Waals surface area contributed by atoms with Crippen LogP contribution < -0.4 is 34.3 Å². The molecule has 0 amide bonds. The molecular weight excluding hydrogens is 347 g/mol. The maximum Gasteiger partial charge on any atom is 1.00 e. The van der Waals surface area contributed by atoms with Crippen LogP contribution in [-0.4, -0.2) is 13.0 Å². The van der Waals surface area contributed by atoms with Gasteiger partial charge in [-0.05, 0) is 42.7 Å². The normalized spacial score (nSPS) is 11.0. The van der Waals surface area contributed by atoms with E-state index in [2.05, 4.69) is 6.92 Å². The molecule has 0 spiro atoms. The van der Waals surface area contributed by atoms with Gasteiger partial charge < -0.3 is 9.29 Å². The van der Waals surface area contributed by atoms with Crippen LogP contribution in [0.5, 0.6) is 11.5 Å². The number of benzene rings is 2.